The Bertz CT molecular complexity index is 4620. The minimum Gasteiger partial charge on any atom is -0.394 e. The average Bonchev–Trinajstić information content (AvgIpc) is 1.71. The molecule has 47 heteroatoms. The fourth-order valence-corrected chi connectivity index (χ4v) is 13.5. The van der Waals surface area contributed by atoms with Gasteiger partial charge in [-0.1, -0.05) is 71.4 Å². The van der Waals surface area contributed by atoms with Crippen LogP contribution >= 0.6 is 0 Å². The molecule has 1 saturated heterocycles. The Morgan fingerprint density at radius 1 is 0.394 bits per heavy atom. The van der Waals surface area contributed by atoms with Crippen LogP contribution in [0, 0.1) is 11.8 Å². The maximum absolute atomic E-state index is 14.5. The highest BCUT2D eigenvalue weighted by Crippen LogP contribution is 2.25. The zero-order valence-electron chi connectivity index (χ0n) is 83.7. The molecule has 1 fully saturated rings. The number of nitrogens with one attached hydrogen (secondary N) is 19. The lowest BCUT2D eigenvalue weighted by Crippen LogP contribution is -2.67. The molecule has 0 radical (unpaired) electrons. The summed E-state index contributed by atoms with van der Waals surface area (Å²) in [5.74, 6) is -21.1. The Morgan fingerprint density at radius 3 is 1.21 bits per heavy atom. The number of hydrogen-bond acceptors (Lipinski definition) is 24. The SMILES string of the molecule is CCC(C)C(NC(=O)C(C)(C)NC(=O)C(CCC(N)=O)NC(=O)C(C)NC(=O)C(C)(C)NC(=O)C(C)NC(=O)C(C)(C)NC(=O)C(C)NC(=O)C(C)(C)NC(C)=O)C(=O)NC(C)(C)C(=O)NCC(=O)NC(C)(C)C(=O)NC(C)(C)C(=O)N1CCCC1C(=O)NC(C(=O)NC(C)(C)C(=O)NC(C)(CC)C(=O)NC(CCC(N)=O)C(=O)NC(CCC(N)=O)C(=O)NC(CO)Cc1ccccc1)C(C)C. The van der Waals surface area contributed by atoms with E-state index in [2.05, 4.69) is 101 Å². The molecule has 0 aromatic heterocycles. The normalized spacial score (nSPS) is 15.7. The zero-order chi connectivity index (χ0) is 106. The van der Waals surface area contributed by atoms with E-state index < -0.39 is 297 Å². The average molecular weight is 1940 g/mol. The van der Waals surface area contributed by atoms with Gasteiger partial charge in [0.15, 0.2) is 0 Å². The van der Waals surface area contributed by atoms with Gasteiger partial charge in [-0.15, -0.1) is 0 Å². The number of aliphatic hydroxyl groups excluding tert-OH is 1. The number of nitrogens with zero attached hydrogens (tertiary/aromatic N) is 1. The second kappa shape index (κ2) is 50.7. The maximum atomic E-state index is 14.5. The summed E-state index contributed by atoms with van der Waals surface area (Å²) in [7, 11) is 0. The third-order valence-corrected chi connectivity index (χ3v) is 22.9. The van der Waals surface area contributed by atoms with E-state index in [4.69, 9.17) is 17.2 Å². The Hall–Kier alpha value is -13.0. The summed E-state index contributed by atoms with van der Waals surface area (Å²) in [4.78, 5) is 312. The summed E-state index contributed by atoms with van der Waals surface area (Å²) in [5, 5.41) is 58.2. The van der Waals surface area contributed by atoms with Gasteiger partial charge in [0.2, 0.25) is 136 Å². The fourth-order valence-electron chi connectivity index (χ4n) is 13.5. The highest BCUT2D eigenvalue weighted by Gasteiger charge is 2.49. The number of nitrogens with two attached hydrogens (primary N) is 3. The van der Waals surface area contributed by atoms with Crippen molar-refractivity contribution in [3.05, 3.63) is 35.9 Å². The molecule has 12 unspecified atom stereocenters. The zero-order valence-corrected chi connectivity index (χ0v) is 83.7. The molecule has 0 bridgehead atoms. The lowest BCUT2D eigenvalue weighted by Gasteiger charge is -2.37. The van der Waals surface area contributed by atoms with E-state index >= 15 is 0 Å². The van der Waals surface area contributed by atoms with Crippen molar-refractivity contribution in [2.75, 3.05) is 19.7 Å². The summed E-state index contributed by atoms with van der Waals surface area (Å²) in [5.41, 5.74) is 1.16. The van der Waals surface area contributed by atoms with Gasteiger partial charge in [-0.2, -0.15) is 0 Å². The van der Waals surface area contributed by atoms with Gasteiger partial charge in [0.05, 0.1) is 19.2 Å². The molecule has 1 aliphatic heterocycles. The molecule has 1 aromatic carbocycles. The number of carbonyl (C=O) groups is 23. The van der Waals surface area contributed by atoms with Crippen LogP contribution in [0.2, 0.25) is 0 Å². The predicted molar refractivity (Wildman–Crippen MR) is 499 cm³/mol. The summed E-state index contributed by atoms with van der Waals surface area (Å²) in [6.45, 7) is 34.3. The van der Waals surface area contributed by atoms with Crippen molar-refractivity contribution >= 4 is 136 Å². The lowest BCUT2D eigenvalue weighted by atomic mass is 9.93. The summed E-state index contributed by atoms with van der Waals surface area (Å²) >= 11 is 0. The van der Waals surface area contributed by atoms with Crippen LogP contribution < -0.4 is 118 Å². The van der Waals surface area contributed by atoms with E-state index in [1.165, 1.54) is 157 Å². The molecule has 12 atom stereocenters. The number of aliphatic hydroxyl groups is 1. The van der Waals surface area contributed by atoms with Crippen molar-refractivity contribution < 1.29 is 115 Å². The number of benzene rings is 1. The van der Waals surface area contributed by atoms with Crippen LogP contribution in [-0.2, 0) is 117 Å². The van der Waals surface area contributed by atoms with Gasteiger partial charge >= 0.3 is 0 Å². The first-order valence-electron chi connectivity index (χ1n) is 45.4. The van der Waals surface area contributed by atoms with E-state index in [0.29, 0.717) is 6.42 Å². The topological polar surface area (TPSA) is 723 Å². The molecule has 1 aromatic rings. The van der Waals surface area contributed by atoms with Crippen LogP contribution in [0.15, 0.2) is 30.3 Å². The van der Waals surface area contributed by atoms with E-state index in [-0.39, 0.29) is 45.1 Å². The van der Waals surface area contributed by atoms with Gasteiger partial charge in [-0.3, -0.25) is 110 Å². The monoisotopic (exact) mass is 1940 g/mol. The Labute approximate surface area is 799 Å². The smallest absolute Gasteiger partial charge is 0.248 e. The number of amides is 23. The standard InChI is InChI=1S/C90H149N23O24/c1-27-47(5)63(103-77(133)86(18,19)108-69(125)56(38-41-60(93)118)99-64(120)48(6)95-75(131)84(14,15)106-66(122)50(8)97-76(132)85(16,17)107-65(121)49(7)96-74(130)83(12,13)104-51(9)115)72(128)110-82(10,11)73(129)94-44-61(119)105-87(20,21)78(134)111-89(24,25)81(137)113-42-32-35-57(113)70(126)102-62(46(3)4)71(127)109-88(22,23)79(135)112-90(26,28-2)80(136)101-55(37-40-59(92)117)68(124)100-54(36-39-58(91)116)67(123)98-53(45-114)43-52-33-30-29-31-34-52/h29-31,33-34,46-50,53-57,62-63,114H,27-28,32,35-45H2,1-26H3,(H2,91,116)(H2,92,117)(H2,93,118)(H,94,129)(H,95,131)(H,96,130)(H,97,132)(H,98,123)(H,99,120)(H,100,124)(H,101,136)(H,102,126)(H,103,133)(H,104,115)(H,105,119)(H,106,122)(H,107,121)(H,108,125)(H,109,127)(H,110,128)(H,111,134)(H,112,135). The van der Waals surface area contributed by atoms with Crippen molar-refractivity contribution in [2.24, 2.45) is 29.0 Å². The molecule has 26 N–H and O–H groups in total. The Kier molecular flexibility index (Phi) is 44.4. The molecule has 1 heterocycles. The molecule has 2 rings (SSSR count). The highest BCUT2D eigenvalue weighted by atomic mass is 16.3. The Balaban J connectivity index is 2.16. The number of hydrogen-bond donors (Lipinski definition) is 23. The van der Waals surface area contributed by atoms with Crippen LogP contribution in [0.5, 0.6) is 0 Å². The van der Waals surface area contributed by atoms with E-state index in [1.54, 1.807) is 58.0 Å². The van der Waals surface area contributed by atoms with Crippen molar-refractivity contribution in [1.82, 2.24) is 106 Å². The molecular weight excluding hydrogens is 1790 g/mol. The molecular formula is C90H149N23O24. The largest absolute Gasteiger partial charge is 0.394 e. The summed E-state index contributed by atoms with van der Waals surface area (Å²) in [6.07, 6.45) is -1.66. The number of rotatable bonds is 54. The van der Waals surface area contributed by atoms with E-state index in [0.717, 1.165) is 5.56 Å². The second-order valence-corrected chi connectivity index (χ2v) is 39.5. The first-order valence-corrected chi connectivity index (χ1v) is 45.4. The van der Waals surface area contributed by atoms with Gasteiger partial charge in [-0.25, -0.2) is 0 Å². The van der Waals surface area contributed by atoms with Crippen LogP contribution in [0.4, 0.5) is 0 Å². The third-order valence-electron chi connectivity index (χ3n) is 22.9. The highest BCUT2D eigenvalue weighted by molar-refractivity contribution is 6.05. The van der Waals surface area contributed by atoms with Crippen LogP contribution in [0.25, 0.3) is 0 Å². The van der Waals surface area contributed by atoms with Crippen LogP contribution in [0.1, 0.15) is 250 Å². The fraction of sp³-hybridized carbons (Fsp3) is 0.678. The van der Waals surface area contributed by atoms with Gasteiger partial charge in [0, 0.05) is 32.7 Å². The molecule has 768 valence electrons. The molecule has 0 aliphatic carbocycles. The minimum absolute atomic E-state index is 0.0225. The molecule has 0 spiro atoms. The molecule has 137 heavy (non-hydrogen) atoms. The van der Waals surface area contributed by atoms with Gasteiger partial charge < -0.3 is 128 Å². The number of likely N-dealkylation sites (tertiary alicyclic amines) is 1. The molecule has 47 nitrogen and oxygen atoms in total. The quantitative estimate of drug-likeness (QED) is 0.0290. The van der Waals surface area contributed by atoms with Gasteiger partial charge in [0.1, 0.15) is 104 Å². The summed E-state index contributed by atoms with van der Waals surface area (Å²) in [6, 6.07) is -4.51. The number of primary amides is 3. The maximum Gasteiger partial charge on any atom is 0.248 e. The van der Waals surface area contributed by atoms with Crippen molar-refractivity contribution in [3.8, 4) is 0 Å². The second-order valence-electron chi connectivity index (χ2n) is 39.5. The first kappa shape index (κ1) is 120. The first-order chi connectivity index (χ1) is 62.7. The third kappa shape index (κ3) is 37.5. The van der Waals surface area contributed by atoms with E-state index in [1.807, 2.05) is 0 Å². The molecule has 23 amide bonds. The van der Waals surface area contributed by atoms with Gasteiger partial charge in [-0.05, 0) is 201 Å². The van der Waals surface area contributed by atoms with Crippen molar-refractivity contribution in [2.45, 2.75) is 361 Å². The van der Waals surface area contributed by atoms with Crippen LogP contribution in [0.3, 0.4) is 0 Å². The Morgan fingerprint density at radius 2 is 0.774 bits per heavy atom. The molecule has 0 saturated carbocycles. The predicted octanol–water partition coefficient (Wildman–Crippen LogP) is -5.29. The van der Waals surface area contributed by atoms with Crippen LogP contribution in [-0.4, -0.2) is 276 Å². The molecule has 1 aliphatic rings. The van der Waals surface area contributed by atoms with Gasteiger partial charge in [0.25, 0.3) is 0 Å². The minimum atomic E-state index is -1.91. The van der Waals surface area contributed by atoms with E-state index in [9.17, 15) is 115 Å². The lowest BCUT2D eigenvalue weighted by molar-refractivity contribution is -0.146. The van der Waals surface area contributed by atoms with Crippen molar-refractivity contribution in [1.29, 1.82) is 0 Å². The van der Waals surface area contributed by atoms with Crippen molar-refractivity contribution in [3.63, 3.8) is 0 Å². The summed E-state index contributed by atoms with van der Waals surface area (Å²) < 4.78 is 0. The number of carbonyl (C=O) groups excluding carboxylic acids is 23.